The van der Waals surface area contributed by atoms with Crippen LogP contribution < -0.4 is 0 Å². The molecule has 3 aromatic heterocycles. The van der Waals surface area contributed by atoms with Crippen LogP contribution in [0.5, 0.6) is 0 Å². The Morgan fingerprint density at radius 3 is 1.60 bits per heavy atom. The van der Waals surface area contributed by atoms with Gasteiger partial charge in [-0.3, -0.25) is 0 Å². The monoisotopic (exact) mass is 550 g/mol. The van der Waals surface area contributed by atoms with Crippen molar-refractivity contribution in [3.05, 3.63) is 134 Å². The van der Waals surface area contributed by atoms with Gasteiger partial charge in [-0.25, -0.2) is 0 Å². The SMILES string of the molecule is c1ccc2c(c1)oc1cc(-c3c4ccccc4c(-c4coc5ccc6oc7ccccc7c6c45)c4ccccc34)ccc12. The summed E-state index contributed by atoms with van der Waals surface area (Å²) < 4.78 is 18.9. The average Bonchev–Trinajstić information content (AvgIpc) is 3.76. The van der Waals surface area contributed by atoms with Gasteiger partial charge < -0.3 is 13.3 Å². The fourth-order valence-electron chi connectivity index (χ4n) is 7.14. The van der Waals surface area contributed by atoms with Gasteiger partial charge in [0, 0.05) is 38.1 Å². The quantitative estimate of drug-likeness (QED) is 0.201. The van der Waals surface area contributed by atoms with Crippen LogP contribution >= 0.6 is 0 Å². The van der Waals surface area contributed by atoms with Gasteiger partial charge in [0.05, 0.1) is 6.26 Å². The molecule has 0 amide bonds. The Balaban J connectivity index is 1.34. The minimum absolute atomic E-state index is 0.849. The molecule has 0 N–H and O–H groups in total. The second-order valence-electron chi connectivity index (χ2n) is 11.2. The predicted molar refractivity (Wildman–Crippen MR) is 177 cm³/mol. The third-order valence-corrected chi connectivity index (χ3v) is 8.95. The first-order valence-electron chi connectivity index (χ1n) is 14.5. The molecule has 10 aromatic rings. The summed E-state index contributed by atoms with van der Waals surface area (Å²) in [4.78, 5) is 0. The standard InChI is InChI=1S/C40H22O3/c1-3-12-28-26(10-1)37(23-17-18-25-24-9-5-7-15-32(24)43-36(25)21-23)27-11-2-4-13-29(27)38(28)31-22-41-34-19-20-35-39(40(31)34)30-14-6-8-16-33(30)42-35/h1-22H. The molecule has 0 atom stereocenters. The van der Waals surface area contributed by atoms with Gasteiger partial charge >= 0.3 is 0 Å². The van der Waals surface area contributed by atoms with Gasteiger partial charge in [-0.15, -0.1) is 0 Å². The van der Waals surface area contributed by atoms with E-state index in [2.05, 4.69) is 91.0 Å². The van der Waals surface area contributed by atoms with E-state index >= 15 is 0 Å². The summed E-state index contributed by atoms with van der Waals surface area (Å²) in [7, 11) is 0. The van der Waals surface area contributed by atoms with Crippen molar-refractivity contribution >= 4 is 76.4 Å². The van der Waals surface area contributed by atoms with Crippen LogP contribution in [0, 0.1) is 0 Å². The molecule has 0 aliphatic carbocycles. The highest BCUT2D eigenvalue weighted by Gasteiger charge is 2.22. The first-order chi connectivity index (χ1) is 21.3. The Morgan fingerprint density at radius 2 is 0.884 bits per heavy atom. The molecule has 0 radical (unpaired) electrons. The van der Waals surface area contributed by atoms with Gasteiger partial charge in [0.1, 0.15) is 27.9 Å². The molecule has 0 saturated heterocycles. The van der Waals surface area contributed by atoms with Crippen molar-refractivity contribution in [2.24, 2.45) is 0 Å². The molecule has 0 fully saturated rings. The zero-order valence-electron chi connectivity index (χ0n) is 22.9. The highest BCUT2D eigenvalue weighted by molar-refractivity contribution is 6.28. The van der Waals surface area contributed by atoms with Gasteiger partial charge in [-0.1, -0.05) is 91.0 Å². The molecule has 43 heavy (non-hydrogen) atoms. The van der Waals surface area contributed by atoms with Crippen LogP contribution in [0.25, 0.3) is 98.6 Å². The smallest absolute Gasteiger partial charge is 0.136 e. The van der Waals surface area contributed by atoms with E-state index in [9.17, 15) is 0 Å². The number of rotatable bonds is 2. The maximum Gasteiger partial charge on any atom is 0.136 e. The van der Waals surface area contributed by atoms with Gasteiger partial charge in [-0.2, -0.15) is 0 Å². The van der Waals surface area contributed by atoms with E-state index in [-0.39, 0.29) is 0 Å². The van der Waals surface area contributed by atoms with Crippen molar-refractivity contribution in [1.82, 2.24) is 0 Å². The Kier molecular flexibility index (Phi) is 4.45. The Hall–Kier alpha value is -5.80. The van der Waals surface area contributed by atoms with Crippen LogP contribution in [0.2, 0.25) is 0 Å². The number of fused-ring (bicyclic) bond motifs is 10. The number of benzene rings is 7. The molecule has 7 aromatic carbocycles. The van der Waals surface area contributed by atoms with Gasteiger partial charge in [0.15, 0.2) is 0 Å². The lowest BCUT2D eigenvalue weighted by Gasteiger charge is -2.17. The molecule has 0 spiro atoms. The number of hydrogen-bond acceptors (Lipinski definition) is 3. The van der Waals surface area contributed by atoms with E-state index < -0.39 is 0 Å². The van der Waals surface area contributed by atoms with Gasteiger partial charge in [0.25, 0.3) is 0 Å². The second-order valence-corrected chi connectivity index (χ2v) is 11.2. The van der Waals surface area contributed by atoms with E-state index in [1.54, 1.807) is 0 Å². The molecular weight excluding hydrogens is 528 g/mol. The first-order valence-corrected chi connectivity index (χ1v) is 14.5. The van der Waals surface area contributed by atoms with E-state index in [4.69, 9.17) is 13.3 Å². The molecular formula is C40H22O3. The molecule has 3 heteroatoms. The number of furan rings is 3. The summed E-state index contributed by atoms with van der Waals surface area (Å²) >= 11 is 0. The largest absolute Gasteiger partial charge is 0.464 e. The van der Waals surface area contributed by atoms with Crippen LogP contribution in [0.4, 0.5) is 0 Å². The molecule has 3 nitrogen and oxygen atoms in total. The minimum Gasteiger partial charge on any atom is -0.464 e. The molecule has 0 unspecified atom stereocenters. The van der Waals surface area contributed by atoms with Crippen molar-refractivity contribution in [3.8, 4) is 22.3 Å². The molecule has 3 heterocycles. The summed E-state index contributed by atoms with van der Waals surface area (Å²) in [5.74, 6) is 0. The summed E-state index contributed by atoms with van der Waals surface area (Å²) in [5.41, 5.74) is 8.95. The molecule has 10 rings (SSSR count). The van der Waals surface area contributed by atoms with Crippen molar-refractivity contribution in [2.75, 3.05) is 0 Å². The van der Waals surface area contributed by atoms with Crippen molar-refractivity contribution in [3.63, 3.8) is 0 Å². The molecule has 200 valence electrons. The summed E-state index contributed by atoms with van der Waals surface area (Å²) in [6.45, 7) is 0. The highest BCUT2D eigenvalue weighted by Crippen LogP contribution is 2.48. The topological polar surface area (TPSA) is 39.4 Å². The van der Waals surface area contributed by atoms with E-state index in [1.165, 1.54) is 27.1 Å². The lowest BCUT2D eigenvalue weighted by molar-refractivity contribution is 0.616. The van der Waals surface area contributed by atoms with Crippen LogP contribution in [0.1, 0.15) is 0 Å². The Morgan fingerprint density at radius 1 is 0.349 bits per heavy atom. The summed E-state index contributed by atoms with van der Waals surface area (Å²) in [5, 5.41) is 10.2. The zero-order valence-corrected chi connectivity index (χ0v) is 22.9. The third kappa shape index (κ3) is 3.08. The van der Waals surface area contributed by atoms with Crippen molar-refractivity contribution < 1.29 is 13.3 Å². The maximum atomic E-state index is 6.32. The van der Waals surface area contributed by atoms with E-state index in [1.807, 2.05) is 42.7 Å². The minimum atomic E-state index is 0.849. The predicted octanol–water partition coefficient (Wildman–Crippen LogP) is 11.9. The summed E-state index contributed by atoms with van der Waals surface area (Å²) in [6, 6.07) is 44.5. The van der Waals surface area contributed by atoms with E-state index in [0.29, 0.717) is 0 Å². The first kappa shape index (κ1) is 22.8. The lowest BCUT2D eigenvalue weighted by atomic mass is 9.85. The van der Waals surface area contributed by atoms with Crippen molar-refractivity contribution in [1.29, 1.82) is 0 Å². The Bertz CT molecular complexity index is 2680. The summed E-state index contributed by atoms with van der Waals surface area (Å²) in [6.07, 6.45) is 1.92. The van der Waals surface area contributed by atoms with Gasteiger partial charge in [-0.05, 0) is 69.1 Å². The second kappa shape index (κ2) is 8.37. The fraction of sp³-hybridized carbons (Fsp3) is 0. The number of para-hydroxylation sites is 2. The van der Waals surface area contributed by atoms with Crippen LogP contribution in [-0.4, -0.2) is 0 Å². The molecule has 0 aliphatic rings. The molecule has 0 saturated carbocycles. The highest BCUT2D eigenvalue weighted by atomic mass is 16.3. The lowest BCUT2D eigenvalue weighted by Crippen LogP contribution is -1.90. The average molecular weight is 551 g/mol. The zero-order chi connectivity index (χ0) is 28.1. The van der Waals surface area contributed by atoms with E-state index in [0.717, 1.165) is 71.5 Å². The van der Waals surface area contributed by atoms with Crippen LogP contribution in [0.3, 0.4) is 0 Å². The Labute approximate surface area is 245 Å². The molecule has 0 aliphatic heterocycles. The molecule has 0 bridgehead atoms. The van der Waals surface area contributed by atoms with Gasteiger partial charge in [0.2, 0.25) is 0 Å². The van der Waals surface area contributed by atoms with Crippen LogP contribution in [0.15, 0.2) is 147 Å². The number of hydrogen-bond donors (Lipinski definition) is 0. The normalized spacial score (nSPS) is 12.2. The van der Waals surface area contributed by atoms with Crippen molar-refractivity contribution in [2.45, 2.75) is 0 Å². The fourth-order valence-corrected chi connectivity index (χ4v) is 7.14. The maximum absolute atomic E-state index is 6.32. The van der Waals surface area contributed by atoms with Crippen LogP contribution in [-0.2, 0) is 0 Å². The third-order valence-electron chi connectivity index (χ3n) is 8.95.